The number of hydrogen-bond acceptors (Lipinski definition) is 1. The van der Waals surface area contributed by atoms with Crippen LogP contribution in [-0.2, 0) is 6.42 Å². The molecule has 0 atom stereocenters. The number of aromatic nitrogens is 1. The number of nitrogens with zero attached hydrogens (tertiary/aromatic N) is 1. The molecule has 0 unspecified atom stereocenters. The normalized spacial score (nSPS) is 11.7. The minimum absolute atomic E-state index is 0.167. The van der Waals surface area contributed by atoms with E-state index >= 15 is 0 Å². The standard InChI is InChI=1S/C10H14FN/c1-10(2,3)7-8-5-4-6-9(11)12-8/h4-6H,7H2,1-3H3. The Morgan fingerprint density at radius 2 is 2.00 bits per heavy atom. The SMILES string of the molecule is CC(C)(C)Cc1cccc(F)n1. The van der Waals surface area contributed by atoms with Crippen molar-refractivity contribution in [1.29, 1.82) is 0 Å². The fourth-order valence-electron chi connectivity index (χ4n) is 1.09. The summed E-state index contributed by atoms with van der Waals surface area (Å²) in [6, 6.07) is 4.92. The first-order chi connectivity index (χ1) is 5.47. The molecule has 0 aliphatic rings. The molecule has 1 aromatic rings. The molecule has 0 aliphatic carbocycles. The monoisotopic (exact) mass is 167 g/mol. The highest BCUT2D eigenvalue weighted by atomic mass is 19.1. The van der Waals surface area contributed by atoms with Crippen molar-refractivity contribution >= 4 is 0 Å². The molecular weight excluding hydrogens is 153 g/mol. The fourth-order valence-corrected chi connectivity index (χ4v) is 1.09. The average Bonchev–Trinajstić information content (AvgIpc) is 1.82. The van der Waals surface area contributed by atoms with Crippen LogP contribution in [-0.4, -0.2) is 4.98 Å². The second-order valence-corrected chi connectivity index (χ2v) is 4.19. The van der Waals surface area contributed by atoms with E-state index in [1.54, 1.807) is 6.07 Å². The zero-order valence-corrected chi connectivity index (χ0v) is 7.76. The summed E-state index contributed by atoms with van der Waals surface area (Å²) in [5, 5.41) is 0. The smallest absolute Gasteiger partial charge is 0.213 e. The molecule has 0 saturated heterocycles. The van der Waals surface area contributed by atoms with Crippen molar-refractivity contribution in [2.75, 3.05) is 0 Å². The van der Waals surface area contributed by atoms with Crippen molar-refractivity contribution in [2.24, 2.45) is 5.41 Å². The molecule has 0 amide bonds. The summed E-state index contributed by atoms with van der Waals surface area (Å²) in [5.41, 5.74) is 0.989. The fraction of sp³-hybridized carbons (Fsp3) is 0.500. The van der Waals surface area contributed by atoms with Crippen molar-refractivity contribution < 1.29 is 4.39 Å². The number of pyridine rings is 1. The van der Waals surface area contributed by atoms with E-state index in [1.165, 1.54) is 6.07 Å². The lowest BCUT2D eigenvalue weighted by Gasteiger charge is -2.16. The van der Waals surface area contributed by atoms with Gasteiger partial charge in [0.15, 0.2) is 0 Å². The van der Waals surface area contributed by atoms with Crippen molar-refractivity contribution in [3.8, 4) is 0 Å². The third kappa shape index (κ3) is 2.99. The second kappa shape index (κ2) is 3.21. The van der Waals surface area contributed by atoms with Crippen LogP contribution in [0.15, 0.2) is 18.2 Å². The van der Waals surface area contributed by atoms with E-state index in [-0.39, 0.29) is 5.41 Å². The van der Waals surface area contributed by atoms with Crippen LogP contribution in [0.1, 0.15) is 26.5 Å². The van der Waals surface area contributed by atoms with Crippen molar-refractivity contribution in [3.05, 3.63) is 29.8 Å². The van der Waals surface area contributed by atoms with Gasteiger partial charge in [-0.15, -0.1) is 0 Å². The third-order valence-corrected chi connectivity index (χ3v) is 1.48. The molecule has 12 heavy (non-hydrogen) atoms. The van der Waals surface area contributed by atoms with Gasteiger partial charge < -0.3 is 0 Å². The Morgan fingerprint density at radius 1 is 1.33 bits per heavy atom. The van der Waals surface area contributed by atoms with E-state index in [1.807, 2.05) is 6.07 Å². The molecule has 1 rings (SSSR count). The van der Waals surface area contributed by atoms with E-state index in [4.69, 9.17) is 0 Å². The molecule has 0 radical (unpaired) electrons. The summed E-state index contributed by atoms with van der Waals surface area (Å²) in [4.78, 5) is 3.79. The van der Waals surface area contributed by atoms with Gasteiger partial charge in [-0.05, 0) is 24.0 Å². The highest BCUT2D eigenvalue weighted by Crippen LogP contribution is 2.18. The number of halogens is 1. The van der Waals surface area contributed by atoms with E-state index in [2.05, 4.69) is 25.8 Å². The topological polar surface area (TPSA) is 12.9 Å². The van der Waals surface area contributed by atoms with Crippen LogP contribution in [0.4, 0.5) is 4.39 Å². The Kier molecular flexibility index (Phi) is 2.46. The maximum Gasteiger partial charge on any atom is 0.213 e. The molecule has 1 aromatic heterocycles. The summed E-state index contributed by atoms with van der Waals surface area (Å²) in [7, 11) is 0. The van der Waals surface area contributed by atoms with Crippen LogP contribution < -0.4 is 0 Å². The Morgan fingerprint density at radius 3 is 2.50 bits per heavy atom. The molecule has 1 nitrogen and oxygen atoms in total. The molecule has 0 N–H and O–H groups in total. The Hall–Kier alpha value is -0.920. The maximum atomic E-state index is 12.6. The minimum atomic E-state index is -0.392. The Balaban J connectivity index is 2.77. The van der Waals surface area contributed by atoms with Gasteiger partial charge in [0, 0.05) is 5.69 Å². The van der Waals surface area contributed by atoms with Crippen LogP contribution in [0.2, 0.25) is 0 Å². The van der Waals surface area contributed by atoms with E-state index in [0.29, 0.717) is 0 Å². The van der Waals surface area contributed by atoms with E-state index < -0.39 is 5.95 Å². The lowest BCUT2D eigenvalue weighted by molar-refractivity contribution is 0.403. The summed E-state index contributed by atoms with van der Waals surface area (Å²) in [5.74, 6) is -0.392. The van der Waals surface area contributed by atoms with Gasteiger partial charge in [-0.3, -0.25) is 0 Å². The van der Waals surface area contributed by atoms with E-state index in [0.717, 1.165) is 12.1 Å². The number of rotatable bonds is 1. The van der Waals surface area contributed by atoms with Gasteiger partial charge in [0.2, 0.25) is 5.95 Å². The minimum Gasteiger partial charge on any atom is -0.225 e. The second-order valence-electron chi connectivity index (χ2n) is 4.19. The lowest BCUT2D eigenvalue weighted by atomic mass is 9.90. The number of hydrogen-bond donors (Lipinski definition) is 0. The molecule has 0 saturated carbocycles. The third-order valence-electron chi connectivity index (χ3n) is 1.48. The van der Waals surface area contributed by atoms with Crippen molar-refractivity contribution in [1.82, 2.24) is 4.98 Å². The first-order valence-corrected chi connectivity index (χ1v) is 4.09. The van der Waals surface area contributed by atoms with Gasteiger partial charge in [0.1, 0.15) is 0 Å². The van der Waals surface area contributed by atoms with Crippen LogP contribution in [0.5, 0.6) is 0 Å². The molecule has 2 heteroatoms. The summed E-state index contributed by atoms with van der Waals surface area (Å²) < 4.78 is 12.6. The van der Waals surface area contributed by atoms with Crippen molar-refractivity contribution in [2.45, 2.75) is 27.2 Å². The van der Waals surface area contributed by atoms with Crippen LogP contribution in [0.3, 0.4) is 0 Å². The molecule has 0 aliphatic heterocycles. The van der Waals surface area contributed by atoms with Crippen molar-refractivity contribution in [3.63, 3.8) is 0 Å². The molecule has 66 valence electrons. The van der Waals surface area contributed by atoms with Gasteiger partial charge in [-0.25, -0.2) is 4.98 Å². The van der Waals surface area contributed by atoms with Gasteiger partial charge in [-0.1, -0.05) is 26.8 Å². The zero-order valence-electron chi connectivity index (χ0n) is 7.76. The van der Waals surface area contributed by atoms with Gasteiger partial charge in [0.25, 0.3) is 0 Å². The molecule has 0 bridgehead atoms. The highest BCUT2D eigenvalue weighted by Gasteiger charge is 2.12. The molecular formula is C10H14FN. The predicted octanol–water partition coefficient (Wildman–Crippen LogP) is 2.81. The van der Waals surface area contributed by atoms with Crippen LogP contribution in [0.25, 0.3) is 0 Å². The summed E-state index contributed by atoms with van der Waals surface area (Å²) in [6.45, 7) is 6.33. The zero-order chi connectivity index (χ0) is 9.19. The van der Waals surface area contributed by atoms with Crippen LogP contribution in [0, 0.1) is 11.4 Å². The highest BCUT2D eigenvalue weighted by molar-refractivity contribution is 5.06. The van der Waals surface area contributed by atoms with Gasteiger partial charge >= 0.3 is 0 Å². The maximum absolute atomic E-state index is 12.6. The Labute approximate surface area is 72.6 Å². The summed E-state index contributed by atoms with van der Waals surface area (Å²) >= 11 is 0. The molecule has 1 heterocycles. The molecule has 0 fully saturated rings. The largest absolute Gasteiger partial charge is 0.225 e. The average molecular weight is 167 g/mol. The summed E-state index contributed by atoms with van der Waals surface area (Å²) in [6.07, 6.45) is 0.810. The van der Waals surface area contributed by atoms with Gasteiger partial charge in [-0.2, -0.15) is 4.39 Å². The van der Waals surface area contributed by atoms with Crippen LogP contribution >= 0.6 is 0 Å². The van der Waals surface area contributed by atoms with Gasteiger partial charge in [0.05, 0.1) is 0 Å². The molecule has 0 aromatic carbocycles. The Bertz CT molecular complexity index is 263. The first kappa shape index (κ1) is 9.17. The molecule has 0 spiro atoms. The quantitative estimate of drug-likeness (QED) is 0.586. The predicted molar refractivity (Wildman–Crippen MR) is 47.4 cm³/mol. The lowest BCUT2D eigenvalue weighted by Crippen LogP contribution is -2.10. The first-order valence-electron chi connectivity index (χ1n) is 4.09. The van der Waals surface area contributed by atoms with E-state index in [9.17, 15) is 4.39 Å².